The minimum Gasteiger partial charge on any atom is -0.298 e. The second-order valence-corrected chi connectivity index (χ2v) is 5.27. The van der Waals surface area contributed by atoms with E-state index in [9.17, 15) is 13.6 Å². The number of rotatable bonds is 3. The smallest absolute Gasteiger partial charge is 0.168 e. The van der Waals surface area contributed by atoms with E-state index < -0.39 is 11.6 Å². The number of halogens is 3. The summed E-state index contributed by atoms with van der Waals surface area (Å²) in [6, 6.07) is 12.8. The van der Waals surface area contributed by atoms with Crippen LogP contribution in [-0.2, 0) is 0 Å². The van der Waals surface area contributed by atoms with Gasteiger partial charge in [0.2, 0.25) is 0 Å². The van der Waals surface area contributed by atoms with E-state index in [2.05, 4.69) is 21.0 Å². The molecule has 6 heteroatoms. The fraction of sp³-hybridized carbons (Fsp3) is 0. The van der Waals surface area contributed by atoms with Gasteiger partial charge in [-0.15, -0.1) is 0 Å². The molecule has 0 radical (unpaired) electrons. The van der Waals surface area contributed by atoms with Gasteiger partial charge in [-0.3, -0.25) is 4.79 Å². The monoisotopic (exact) mass is 362 g/mol. The summed E-state index contributed by atoms with van der Waals surface area (Å²) in [4.78, 5) is 11.4. The van der Waals surface area contributed by atoms with Crippen molar-refractivity contribution in [3.63, 3.8) is 0 Å². The summed E-state index contributed by atoms with van der Waals surface area (Å²) in [5.74, 6) is -2.02. The molecule has 1 heterocycles. The van der Waals surface area contributed by atoms with Gasteiger partial charge in [0.25, 0.3) is 0 Å². The van der Waals surface area contributed by atoms with Crippen molar-refractivity contribution in [1.82, 2.24) is 9.78 Å². The first-order valence-electron chi connectivity index (χ1n) is 6.37. The summed E-state index contributed by atoms with van der Waals surface area (Å²) in [6.07, 6.45) is 0.566. The molecule has 3 rings (SSSR count). The Morgan fingerprint density at radius 2 is 1.77 bits per heavy atom. The number of carbonyl (C=O) groups is 1. The average Bonchev–Trinajstić information content (AvgIpc) is 2.87. The first-order chi connectivity index (χ1) is 10.6. The van der Waals surface area contributed by atoms with E-state index in [1.165, 1.54) is 16.8 Å². The lowest BCUT2D eigenvalue weighted by molar-refractivity contribution is 0.112. The van der Waals surface area contributed by atoms with E-state index in [-0.39, 0.29) is 16.8 Å². The molecule has 0 aliphatic rings. The molecule has 0 bridgehead atoms. The minimum absolute atomic E-state index is 0.0579. The quantitative estimate of drug-likeness (QED) is 0.647. The van der Waals surface area contributed by atoms with E-state index in [4.69, 9.17) is 0 Å². The van der Waals surface area contributed by atoms with Gasteiger partial charge in [0.05, 0.1) is 11.3 Å². The van der Waals surface area contributed by atoms with Crippen LogP contribution in [0.2, 0.25) is 0 Å². The maximum absolute atomic E-state index is 14.0. The third kappa shape index (κ3) is 2.35. The third-order valence-corrected chi connectivity index (χ3v) is 3.95. The van der Waals surface area contributed by atoms with Crippen molar-refractivity contribution < 1.29 is 13.6 Å². The summed E-state index contributed by atoms with van der Waals surface area (Å²) in [5, 5.41) is 4.25. The number of benzene rings is 2. The molecule has 0 aliphatic heterocycles. The third-order valence-electron chi connectivity index (χ3n) is 3.19. The first-order valence-corrected chi connectivity index (χ1v) is 7.16. The molecule has 0 atom stereocenters. The van der Waals surface area contributed by atoms with Gasteiger partial charge in [0.1, 0.15) is 10.3 Å². The van der Waals surface area contributed by atoms with Gasteiger partial charge in [0.15, 0.2) is 17.9 Å². The Balaban J connectivity index is 2.25. The molecule has 0 saturated heterocycles. The number of carbonyl (C=O) groups excluding carboxylic acids is 1. The SMILES string of the molecule is O=Cc1c(-c2cccc(F)c2F)nn(-c2ccccc2)c1Br. The van der Waals surface area contributed by atoms with E-state index in [1.807, 2.05) is 18.2 Å². The number of hydrogen-bond acceptors (Lipinski definition) is 2. The van der Waals surface area contributed by atoms with Gasteiger partial charge in [-0.1, -0.05) is 24.3 Å². The van der Waals surface area contributed by atoms with Crippen LogP contribution in [0.5, 0.6) is 0 Å². The van der Waals surface area contributed by atoms with E-state index in [1.54, 1.807) is 12.1 Å². The van der Waals surface area contributed by atoms with Crippen molar-refractivity contribution >= 4 is 22.2 Å². The molecule has 22 heavy (non-hydrogen) atoms. The molecule has 2 aromatic carbocycles. The van der Waals surface area contributed by atoms with Gasteiger partial charge in [-0.05, 0) is 40.2 Å². The molecule has 0 saturated carbocycles. The molecular formula is C16H9BrF2N2O. The zero-order valence-corrected chi connectivity index (χ0v) is 12.7. The molecular weight excluding hydrogens is 354 g/mol. The summed E-state index contributed by atoms with van der Waals surface area (Å²) in [6.45, 7) is 0. The van der Waals surface area contributed by atoms with Gasteiger partial charge in [-0.25, -0.2) is 13.5 Å². The zero-order chi connectivity index (χ0) is 15.7. The number of para-hydroxylation sites is 1. The van der Waals surface area contributed by atoms with Crippen molar-refractivity contribution in [2.45, 2.75) is 0 Å². The molecule has 0 unspecified atom stereocenters. The molecule has 0 fully saturated rings. The Hall–Kier alpha value is -2.34. The lowest BCUT2D eigenvalue weighted by atomic mass is 10.1. The van der Waals surface area contributed by atoms with Gasteiger partial charge < -0.3 is 0 Å². The highest BCUT2D eigenvalue weighted by atomic mass is 79.9. The summed E-state index contributed by atoms with van der Waals surface area (Å²) < 4.78 is 29.3. The first kappa shape index (κ1) is 14.6. The Labute approximate surface area is 133 Å². The standard InChI is InChI=1S/C16H9BrF2N2O/c17-16-12(9-22)15(11-7-4-8-13(18)14(11)19)20-21(16)10-5-2-1-3-6-10/h1-9H. The Kier molecular flexibility index (Phi) is 3.85. The maximum atomic E-state index is 14.0. The van der Waals surface area contributed by atoms with Crippen LogP contribution >= 0.6 is 15.9 Å². The maximum Gasteiger partial charge on any atom is 0.168 e. The molecule has 0 amide bonds. The van der Waals surface area contributed by atoms with Crippen LogP contribution in [0, 0.1) is 11.6 Å². The van der Waals surface area contributed by atoms with Gasteiger partial charge >= 0.3 is 0 Å². The van der Waals surface area contributed by atoms with Crippen molar-refractivity contribution in [2.75, 3.05) is 0 Å². The van der Waals surface area contributed by atoms with Crippen LogP contribution in [0.15, 0.2) is 53.1 Å². The normalized spacial score (nSPS) is 10.7. The molecule has 0 spiro atoms. The molecule has 3 aromatic rings. The Bertz CT molecular complexity index is 847. The number of nitrogens with zero attached hydrogens (tertiary/aromatic N) is 2. The van der Waals surface area contributed by atoms with Gasteiger partial charge in [0, 0.05) is 5.56 Å². The van der Waals surface area contributed by atoms with Crippen molar-refractivity contribution in [1.29, 1.82) is 0 Å². The van der Waals surface area contributed by atoms with Crippen LogP contribution in [0.25, 0.3) is 16.9 Å². The molecule has 110 valence electrons. The van der Waals surface area contributed by atoms with E-state index >= 15 is 0 Å². The fourth-order valence-corrected chi connectivity index (χ4v) is 2.71. The largest absolute Gasteiger partial charge is 0.298 e. The lowest BCUT2D eigenvalue weighted by Gasteiger charge is -2.02. The van der Waals surface area contributed by atoms with Crippen molar-refractivity contribution in [3.05, 3.63) is 70.3 Å². The number of hydrogen-bond donors (Lipinski definition) is 0. The van der Waals surface area contributed by atoms with Crippen LogP contribution in [0.4, 0.5) is 8.78 Å². The topological polar surface area (TPSA) is 34.9 Å². The predicted octanol–water partition coefficient (Wildman–Crippen LogP) is 4.39. The van der Waals surface area contributed by atoms with Crippen molar-refractivity contribution in [2.24, 2.45) is 0 Å². The van der Waals surface area contributed by atoms with Crippen LogP contribution in [-0.4, -0.2) is 16.1 Å². The van der Waals surface area contributed by atoms with E-state index in [0.29, 0.717) is 16.6 Å². The Morgan fingerprint density at radius 1 is 1.05 bits per heavy atom. The summed E-state index contributed by atoms with van der Waals surface area (Å²) in [5.41, 5.74) is 0.883. The number of aldehydes is 1. The second-order valence-electron chi connectivity index (χ2n) is 4.52. The fourth-order valence-electron chi connectivity index (χ4n) is 2.14. The molecule has 0 aliphatic carbocycles. The highest BCUT2D eigenvalue weighted by molar-refractivity contribution is 9.10. The number of aromatic nitrogens is 2. The Morgan fingerprint density at radius 3 is 2.45 bits per heavy atom. The molecule has 1 aromatic heterocycles. The summed E-state index contributed by atoms with van der Waals surface area (Å²) in [7, 11) is 0. The van der Waals surface area contributed by atoms with Crippen LogP contribution < -0.4 is 0 Å². The minimum atomic E-state index is -1.03. The second kappa shape index (κ2) is 5.81. The highest BCUT2D eigenvalue weighted by Crippen LogP contribution is 2.31. The van der Waals surface area contributed by atoms with Crippen molar-refractivity contribution in [3.8, 4) is 16.9 Å². The molecule has 0 N–H and O–H groups in total. The highest BCUT2D eigenvalue weighted by Gasteiger charge is 2.21. The van der Waals surface area contributed by atoms with Crippen LogP contribution in [0.1, 0.15) is 10.4 Å². The van der Waals surface area contributed by atoms with E-state index in [0.717, 1.165) is 6.07 Å². The predicted molar refractivity (Wildman–Crippen MR) is 82.0 cm³/mol. The molecule has 3 nitrogen and oxygen atoms in total. The zero-order valence-electron chi connectivity index (χ0n) is 11.1. The van der Waals surface area contributed by atoms with Crippen LogP contribution in [0.3, 0.4) is 0 Å². The van der Waals surface area contributed by atoms with Gasteiger partial charge in [-0.2, -0.15) is 5.10 Å². The summed E-state index contributed by atoms with van der Waals surface area (Å²) >= 11 is 3.29. The lowest BCUT2D eigenvalue weighted by Crippen LogP contribution is -1.97. The average molecular weight is 363 g/mol.